The molecule has 0 unspecified atom stereocenters. The lowest BCUT2D eigenvalue weighted by atomic mass is 10.2. The predicted octanol–water partition coefficient (Wildman–Crippen LogP) is 4.14. The van der Waals surface area contributed by atoms with Crippen molar-refractivity contribution >= 4 is 56.0 Å². The van der Waals surface area contributed by atoms with E-state index in [9.17, 15) is 9.18 Å². The second-order valence-electron chi connectivity index (χ2n) is 6.05. The van der Waals surface area contributed by atoms with Gasteiger partial charge in [-0.1, -0.05) is 29.9 Å². The van der Waals surface area contributed by atoms with Crippen molar-refractivity contribution in [3.63, 3.8) is 0 Å². The second kappa shape index (κ2) is 8.68. The van der Waals surface area contributed by atoms with Crippen molar-refractivity contribution in [1.29, 1.82) is 0 Å². The number of rotatable bonds is 6. The standard InChI is InChI=1S/C18H19ClFN5O2S/c1-3-11(9-26)21-17(27)24-18-22-13-5-7-15(23-16(13)28-18)25(2)14-6-4-10(19)8-12(14)20/h4-8,11,26H,3,9H2,1-2H3,(H2,21,22,24,27)/t11-/m1/s1. The molecule has 0 aliphatic rings. The summed E-state index contributed by atoms with van der Waals surface area (Å²) in [6.45, 7) is 1.73. The molecule has 0 spiro atoms. The summed E-state index contributed by atoms with van der Waals surface area (Å²) < 4.78 is 14.2. The Morgan fingerprint density at radius 3 is 2.82 bits per heavy atom. The Labute approximate surface area is 170 Å². The molecule has 0 aliphatic carbocycles. The summed E-state index contributed by atoms with van der Waals surface area (Å²) >= 11 is 7.01. The predicted molar refractivity (Wildman–Crippen MR) is 110 cm³/mol. The van der Waals surface area contributed by atoms with E-state index in [0.717, 1.165) is 0 Å². The number of urea groups is 1. The monoisotopic (exact) mass is 423 g/mol. The van der Waals surface area contributed by atoms with Crippen LogP contribution in [0.4, 0.5) is 25.8 Å². The number of aliphatic hydroxyl groups is 1. The van der Waals surface area contributed by atoms with Crippen LogP contribution in [0.3, 0.4) is 0 Å². The van der Waals surface area contributed by atoms with Crippen LogP contribution in [-0.4, -0.2) is 40.8 Å². The van der Waals surface area contributed by atoms with Crippen LogP contribution in [0.5, 0.6) is 0 Å². The Morgan fingerprint density at radius 1 is 1.36 bits per heavy atom. The molecule has 28 heavy (non-hydrogen) atoms. The number of amides is 2. The van der Waals surface area contributed by atoms with E-state index in [1.807, 2.05) is 6.92 Å². The van der Waals surface area contributed by atoms with Gasteiger partial charge in [-0.05, 0) is 36.8 Å². The lowest BCUT2D eigenvalue weighted by molar-refractivity contribution is 0.222. The zero-order chi connectivity index (χ0) is 20.3. The van der Waals surface area contributed by atoms with Crippen LogP contribution in [-0.2, 0) is 0 Å². The highest BCUT2D eigenvalue weighted by molar-refractivity contribution is 7.22. The van der Waals surface area contributed by atoms with Crippen molar-refractivity contribution in [3.8, 4) is 0 Å². The van der Waals surface area contributed by atoms with E-state index in [1.54, 1.807) is 36.2 Å². The molecule has 148 valence electrons. The molecule has 0 saturated heterocycles. The SMILES string of the molecule is CC[C@H](CO)NC(=O)Nc1nc2ccc(N(C)c3ccc(Cl)cc3F)nc2s1. The molecule has 2 aromatic heterocycles. The van der Waals surface area contributed by atoms with E-state index in [4.69, 9.17) is 16.7 Å². The summed E-state index contributed by atoms with van der Waals surface area (Å²) in [7, 11) is 1.70. The molecule has 10 heteroatoms. The number of fused-ring (bicyclic) bond motifs is 1. The van der Waals surface area contributed by atoms with Gasteiger partial charge < -0.3 is 15.3 Å². The van der Waals surface area contributed by atoms with Crippen molar-refractivity contribution in [2.45, 2.75) is 19.4 Å². The summed E-state index contributed by atoms with van der Waals surface area (Å²) in [5.74, 6) is 0.0780. The number of hydrogen-bond donors (Lipinski definition) is 3. The van der Waals surface area contributed by atoms with Crippen molar-refractivity contribution in [2.75, 3.05) is 23.9 Å². The van der Waals surface area contributed by atoms with Gasteiger partial charge in [-0.25, -0.2) is 19.2 Å². The van der Waals surface area contributed by atoms with Gasteiger partial charge in [-0.15, -0.1) is 0 Å². The van der Waals surface area contributed by atoms with Gasteiger partial charge in [0.2, 0.25) is 0 Å². The average Bonchev–Trinajstić information content (AvgIpc) is 3.06. The number of carbonyl (C=O) groups excluding carboxylic acids is 1. The van der Waals surface area contributed by atoms with Crippen LogP contribution in [0.1, 0.15) is 13.3 Å². The first-order chi connectivity index (χ1) is 13.4. The summed E-state index contributed by atoms with van der Waals surface area (Å²) in [6.07, 6.45) is 0.613. The topological polar surface area (TPSA) is 90.4 Å². The van der Waals surface area contributed by atoms with Gasteiger partial charge in [-0.2, -0.15) is 0 Å². The van der Waals surface area contributed by atoms with E-state index in [0.29, 0.717) is 38.4 Å². The number of pyridine rings is 1. The Bertz CT molecular complexity index is 995. The van der Waals surface area contributed by atoms with E-state index in [1.165, 1.54) is 17.4 Å². The molecular weight excluding hydrogens is 405 g/mol. The number of nitrogens with zero attached hydrogens (tertiary/aromatic N) is 3. The van der Waals surface area contributed by atoms with Gasteiger partial charge in [0.05, 0.1) is 18.3 Å². The largest absolute Gasteiger partial charge is 0.394 e. The van der Waals surface area contributed by atoms with Gasteiger partial charge in [0, 0.05) is 12.1 Å². The zero-order valence-corrected chi connectivity index (χ0v) is 16.8. The van der Waals surface area contributed by atoms with Gasteiger partial charge in [0.15, 0.2) is 5.13 Å². The molecule has 3 rings (SSSR count). The van der Waals surface area contributed by atoms with Crippen LogP contribution < -0.4 is 15.5 Å². The fraction of sp³-hybridized carbons (Fsp3) is 0.278. The van der Waals surface area contributed by atoms with E-state index in [-0.39, 0.29) is 12.6 Å². The fourth-order valence-electron chi connectivity index (χ4n) is 2.52. The number of hydrogen-bond acceptors (Lipinski definition) is 6. The van der Waals surface area contributed by atoms with Crippen LogP contribution in [0.25, 0.3) is 10.3 Å². The number of thiazole rings is 1. The van der Waals surface area contributed by atoms with Crippen LogP contribution in [0.2, 0.25) is 5.02 Å². The van der Waals surface area contributed by atoms with Gasteiger partial charge in [-0.3, -0.25) is 5.32 Å². The number of halogens is 2. The van der Waals surface area contributed by atoms with Gasteiger partial charge >= 0.3 is 6.03 Å². The van der Waals surface area contributed by atoms with Crippen LogP contribution in [0.15, 0.2) is 30.3 Å². The molecule has 7 nitrogen and oxygen atoms in total. The molecule has 0 bridgehead atoms. The third-order valence-corrected chi connectivity index (χ3v) is 5.24. The molecule has 0 saturated carbocycles. The summed E-state index contributed by atoms with van der Waals surface area (Å²) in [4.78, 5) is 23.0. The first-order valence-corrected chi connectivity index (χ1v) is 9.75. The van der Waals surface area contributed by atoms with Crippen LogP contribution >= 0.6 is 22.9 Å². The number of carbonyl (C=O) groups is 1. The molecule has 1 atom stereocenters. The lowest BCUT2D eigenvalue weighted by Crippen LogP contribution is -2.39. The third-order valence-electron chi connectivity index (χ3n) is 4.12. The Morgan fingerprint density at radius 2 is 2.14 bits per heavy atom. The Balaban J connectivity index is 1.79. The van der Waals surface area contributed by atoms with Gasteiger partial charge in [0.25, 0.3) is 0 Å². The smallest absolute Gasteiger partial charge is 0.321 e. The minimum Gasteiger partial charge on any atom is -0.394 e. The Hall–Kier alpha value is -2.49. The normalized spacial score (nSPS) is 12.0. The van der Waals surface area contributed by atoms with Gasteiger partial charge in [0.1, 0.15) is 22.0 Å². The molecule has 3 aromatic rings. The number of nitrogens with one attached hydrogen (secondary N) is 2. The lowest BCUT2D eigenvalue weighted by Gasteiger charge is -2.18. The highest BCUT2D eigenvalue weighted by Gasteiger charge is 2.15. The second-order valence-corrected chi connectivity index (χ2v) is 7.47. The molecule has 0 fully saturated rings. The maximum atomic E-state index is 14.2. The third kappa shape index (κ3) is 4.49. The summed E-state index contributed by atoms with van der Waals surface area (Å²) in [5.41, 5.74) is 0.955. The quantitative estimate of drug-likeness (QED) is 0.554. The molecular formula is C18H19ClFN5O2S. The first kappa shape index (κ1) is 20.2. The van der Waals surface area contributed by atoms with E-state index >= 15 is 0 Å². The van der Waals surface area contributed by atoms with E-state index in [2.05, 4.69) is 20.6 Å². The zero-order valence-electron chi connectivity index (χ0n) is 15.2. The molecule has 0 aliphatic heterocycles. The van der Waals surface area contributed by atoms with Crippen molar-refractivity contribution in [2.24, 2.45) is 0 Å². The Kier molecular flexibility index (Phi) is 6.28. The van der Waals surface area contributed by atoms with Crippen molar-refractivity contribution < 1.29 is 14.3 Å². The maximum Gasteiger partial charge on any atom is 0.321 e. The molecule has 2 heterocycles. The van der Waals surface area contributed by atoms with Crippen LogP contribution in [0, 0.1) is 5.82 Å². The maximum absolute atomic E-state index is 14.2. The summed E-state index contributed by atoms with van der Waals surface area (Å²) in [6, 6.07) is 7.15. The molecule has 0 radical (unpaired) electrons. The first-order valence-electron chi connectivity index (χ1n) is 8.56. The fourth-order valence-corrected chi connectivity index (χ4v) is 3.51. The average molecular weight is 424 g/mol. The molecule has 1 aromatic carbocycles. The highest BCUT2D eigenvalue weighted by atomic mass is 35.5. The molecule has 2 amide bonds. The highest BCUT2D eigenvalue weighted by Crippen LogP contribution is 2.30. The minimum atomic E-state index is -0.449. The number of anilines is 3. The van der Waals surface area contributed by atoms with Crippen molar-refractivity contribution in [1.82, 2.24) is 15.3 Å². The molecule has 3 N–H and O–H groups in total. The van der Waals surface area contributed by atoms with Crippen molar-refractivity contribution in [3.05, 3.63) is 41.2 Å². The number of aliphatic hydroxyl groups excluding tert-OH is 1. The minimum absolute atomic E-state index is 0.137. The number of benzene rings is 1. The van der Waals surface area contributed by atoms with E-state index < -0.39 is 11.8 Å². The summed E-state index contributed by atoms with van der Waals surface area (Å²) in [5, 5.41) is 15.2. The number of aromatic nitrogens is 2.